The van der Waals surface area contributed by atoms with Gasteiger partial charge in [0, 0.05) is 19.5 Å². The molecule has 0 amide bonds. The predicted molar refractivity (Wildman–Crippen MR) is 45.7 cm³/mol. The average Bonchev–Trinajstić information content (AvgIpc) is 1.97. The zero-order chi connectivity index (χ0) is 8.69. The molecular formula is C7H17N3O. The minimum absolute atomic E-state index is 0.172. The highest BCUT2D eigenvalue weighted by Crippen LogP contribution is 1.89. The SMILES string of the molecule is CCN(CCO)CCC(=N)N. The van der Waals surface area contributed by atoms with Crippen molar-refractivity contribution in [2.75, 3.05) is 26.2 Å². The highest BCUT2D eigenvalue weighted by molar-refractivity contribution is 5.76. The smallest absolute Gasteiger partial charge is 0.0918 e. The summed E-state index contributed by atoms with van der Waals surface area (Å²) in [7, 11) is 0. The van der Waals surface area contributed by atoms with E-state index in [4.69, 9.17) is 16.2 Å². The highest BCUT2D eigenvalue weighted by Gasteiger charge is 2.00. The van der Waals surface area contributed by atoms with E-state index < -0.39 is 0 Å². The van der Waals surface area contributed by atoms with Gasteiger partial charge in [0.2, 0.25) is 0 Å². The van der Waals surface area contributed by atoms with Crippen LogP contribution in [0.25, 0.3) is 0 Å². The number of aliphatic hydroxyl groups is 1. The summed E-state index contributed by atoms with van der Waals surface area (Å²) >= 11 is 0. The first-order valence-electron chi connectivity index (χ1n) is 3.86. The van der Waals surface area contributed by atoms with Gasteiger partial charge in [0.25, 0.3) is 0 Å². The molecule has 0 aromatic rings. The lowest BCUT2D eigenvalue weighted by atomic mass is 10.3. The molecule has 0 aromatic carbocycles. The Morgan fingerprint density at radius 2 is 2.18 bits per heavy atom. The molecule has 4 N–H and O–H groups in total. The maximum atomic E-state index is 8.61. The lowest BCUT2D eigenvalue weighted by Crippen LogP contribution is -2.30. The molecule has 66 valence electrons. The Morgan fingerprint density at radius 3 is 2.55 bits per heavy atom. The monoisotopic (exact) mass is 159 g/mol. The van der Waals surface area contributed by atoms with Gasteiger partial charge in [-0.05, 0) is 6.54 Å². The third-order valence-corrected chi connectivity index (χ3v) is 1.56. The largest absolute Gasteiger partial charge is 0.395 e. The van der Waals surface area contributed by atoms with Crippen molar-refractivity contribution in [1.82, 2.24) is 4.90 Å². The number of rotatable bonds is 6. The van der Waals surface area contributed by atoms with Crippen molar-refractivity contribution >= 4 is 5.84 Å². The van der Waals surface area contributed by atoms with Crippen LogP contribution in [0.1, 0.15) is 13.3 Å². The van der Waals surface area contributed by atoms with E-state index in [1.807, 2.05) is 6.92 Å². The fourth-order valence-corrected chi connectivity index (χ4v) is 0.848. The second-order valence-corrected chi connectivity index (χ2v) is 2.43. The van der Waals surface area contributed by atoms with Gasteiger partial charge >= 0.3 is 0 Å². The summed E-state index contributed by atoms with van der Waals surface area (Å²) in [5, 5.41) is 15.6. The van der Waals surface area contributed by atoms with Crippen molar-refractivity contribution in [2.24, 2.45) is 5.73 Å². The minimum Gasteiger partial charge on any atom is -0.395 e. The Balaban J connectivity index is 3.43. The first-order chi connectivity index (χ1) is 5.20. The van der Waals surface area contributed by atoms with Gasteiger partial charge in [0.15, 0.2) is 0 Å². The van der Waals surface area contributed by atoms with Gasteiger partial charge in [0.1, 0.15) is 0 Å². The number of nitrogens with two attached hydrogens (primary N) is 1. The fraction of sp³-hybridized carbons (Fsp3) is 0.857. The summed E-state index contributed by atoms with van der Waals surface area (Å²) in [6.45, 7) is 4.53. The van der Waals surface area contributed by atoms with Crippen molar-refractivity contribution in [3.63, 3.8) is 0 Å². The van der Waals surface area contributed by atoms with Crippen LogP contribution < -0.4 is 5.73 Å². The van der Waals surface area contributed by atoms with Crippen LogP contribution in [0, 0.1) is 5.41 Å². The van der Waals surface area contributed by atoms with Crippen molar-refractivity contribution in [3.05, 3.63) is 0 Å². The van der Waals surface area contributed by atoms with Gasteiger partial charge in [-0.3, -0.25) is 5.41 Å². The Hall–Kier alpha value is -0.610. The van der Waals surface area contributed by atoms with Crippen LogP contribution in [0.3, 0.4) is 0 Å². The summed E-state index contributed by atoms with van der Waals surface area (Å²) in [5.74, 6) is 0.210. The molecule has 0 aliphatic rings. The van der Waals surface area contributed by atoms with Crippen molar-refractivity contribution < 1.29 is 5.11 Å². The number of hydrogen-bond donors (Lipinski definition) is 3. The Labute approximate surface area is 67.5 Å². The van der Waals surface area contributed by atoms with E-state index in [1.54, 1.807) is 0 Å². The number of amidine groups is 1. The van der Waals surface area contributed by atoms with Crippen molar-refractivity contribution in [2.45, 2.75) is 13.3 Å². The predicted octanol–water partition coefficient (Wildman–Crippen LogP) is -0.373. The van der Waals surface area contributed by atoms with Gasteiger partial charge in [-0.25, -0.2) is 0 Å². The first-order valence-corrected chi connectivity index (χ1v) is 3.86. The second kappa shape index (κ2) is 6.12. The molecule has 0 fully saturated rings. The number of nitrogens with zero attached hydrogens (tertiary/aromatic N) is 1. The van der Waals surface area contributed by atoms with Crippen molar-refractivity contribution in [1.29, 1.82) is 5.41 Å². The molecule has 0 aliphatic carbocycles. The second-order valence-electron chi connectivity index (χ2n) is 2.43. The van der Waals surface area contributed by atoms with Gasteiger partial charge < -0.3 is 15.7 Å². The van der Waals surface area contributed by atoms with E-state index in [0.717, 1.165) is 13.1 Å². The molecule has 0 heterocycles. The van der Waals surface area contributed by atoms with Gasteiger partial charge in [-0.15, -0.1) is 0 Å². The fourth-order valence-electron chi connectivity index (χ4n) is 0.848. The molecule has 0 aliphatic heterocycles. The van der Waals surface area contributed by atoms with Crippen LogP contribution >= 0.6 is 0 Å². The van der Waals surface area contributed by atoms with Gasteiger partial charge in [0.05, 0.1) is 12.4 Å². The molecule has 0 saturated carbocycles. The Morgan fingerprint density at radius 1 is 1.55 bits per heavy atom. The van der Waals surface area contributed by atoms with Crippen LogP contribution in [0.5, 0.6) is 0 Å². The van der Waals surface area contributed by atoms with Gasteiger partial charge in [-0.2, -0.15) is 0 Å². The summed E-state index contributed by atoms with van der Waals surface area (Å²) in [6, 6.07) is 0. The number of likely N-dealkylation sites (N-methyl/N-ethyl adjacent to an activating group) is 1. The summed E-state index contributed by atoms with van der Waals surface area (Å²) < 4.78 is 0. The lowest BCUT2D eigenvalue weighted by Gasteiger charge is -2.17. The molecular weight excluding hydrogens is 142 g/mol. The van der Waals surface area contributed by atoms with E-state index in [0.29, 0.717) is 13.0 Å². The van der Waals surface area contributed by atoms with E-state index in [2.05, 4.69) is 4.90 Å². The van der Waals surface area contributed by atoms with Crippen molar-refractivity contribution in [3.8, 4) is 0 Å². The van der Waals surface area contributed by atoms with E-state index in [1.165, 1.54) is 0 Å². The molecule has 0 unspecified atom stereocenters. The molecule has 4 heteroatoms. The normalized spacial score (nSPS) is 10.5. The molecule has 0 aromatic heterocycles. The first kappa shape index (κ1) is 10.4. The zero-order valence-corrected chi connectivity index (χ0v) is 7.01. The third kappa shape index (κ3) is 5.82. The van der Waals surface area contributed by atoms with E-state index in [-0.39, 0.29) is 12.4 Å². The topological polar surface area (TPSA) is 73.3 Å². The maximum Gasteiger partial charge on any atom is 0.0918 e. The van der Waals surface area contributed by atoms with Crippen LogP contribution in [-0.2, 0) is 0 Å². The van der Waals surface area contributed by atoms with Crippen LogP contribution in [0.15, 0.2) is 0 Å². The highest BCUT2D eigenvalue weighted by atomic mass is 16.3. The molecule has 0 rings (SSSR count). The van der Waals surface area contributed by atoms with Gasteiger partial charge in [-0.1, -0.05) is 6.92 Å². The van der Waals surface area contributed by atoms with E-state index in [9.17, 15) is 0 Å². The quantitative estimate of drug-likeness (QED) is 0.365. The molecule has 11 heavy (non-hydrogen) atoms. The van der Waals surface area contributed by atoms with E-state index >= 15 is 0 Å². The lowest BCUT2D eigenvalue weighted by molar-refractivity contribution is 0.205. The molecule has 0 bridgehead atoms. The summed E-state index contributed by atoms with van der Waals surface area (Å²) in [4.78, 5) is 2.06. The number of nitrogens with one attached hydrogen (secondary N) is 1. The van der Waals surface area contributed by atoms with Crippen LogP contribution in [0.2, 0.25) is 0 Å². The average molecular weight is 159 g/mol. The molecule has 4 nitrogen and oxygen atoms in total. The standard InChI is InChI=1S/C7H17N3O/c1-2-10(5-6-11)4-3-7(8)9/h11H,2-6H2,1H3,(H3,8,9). The van der Waals surface area contributed by atoms with Crippen LogP contribution in [0.4, 0.5) is 0 Å². The maximum absolute atomic E-state index is 8.61. The molecule has 0 radical (unpaired) electrons. The number of aliphatic hydroxyl groups excluding tert-OH is 1. The Bertz CT molecular complexity index is 116. The Kier molecular flexibility index (Phi) is 5.78. The molecule has 0 atom stereocenters. The summed E-state index contributed by atoms with van der Waals surface area (Å²) in [5.41, 5.74) is 5.19. The number of hydrogen-bond acceptors (Lipinski definition) is 3. The van der Waals surface area contributed by atoms with Crippen LogP contribution in [-0.4, -0.2) is 42.1 Å². The molecule has 0 spiro atoms. The molecule has 0 saturated heterocycles. The third-order valence-electron chi connectivity index (χ3n) is 1.56. The summed E-state index contributed by atoms with van der Waals surface area (Å²) in [6.07, 6.45) is 0.591. The zero-order valence-electron chi connectivity index (χ0n) is 7.01. The minimum atomic E-state index is 0.172.